The summed E-state index contributed by atoms with van der Waals surface area (Å²) in [5.41, 5.74) is 1.01. The van der Waals surface area contributed by atoms with Gasteiger partial charge in [0.2, 0.25) is 5.91 Å². The minimum Gasteiger partial charge on any atom is -0.472 e. The van der Waals surface area contributed by atoms with Crippen LogP contribution in [0.15, 0.2) is 23.0 Å². The number of amides is 1. The van der Waals surface area contributed by atoms with Gasteiger partial charge < -0.3 is 9.32 Å². The summed E-state index contributed by atoms with van der Waals surface area (Å²) in [6, 6.07) is 1.87. The average Bonchev–Trinajstić information content (AvgIpc) is 2.71. The van der Waals surface area contributed by atoms with Crippen LogP contribution in [-0.4, -0.2) is 23.9 Å². The number of likely N-dealkylation sites (N-methyl/N-ethyl adjacent to an activating group) is 1. The molecule has 1 N–H and O–H groups in total. The molecule has 1 aromatic rings. The smallest absolute Gasteiger partial charge is 0.238 e. The van der Waals surface area contributed by atoms with Gasteiger partial charge in [-0.15, -0.1) is 0 Å². The number of hydrogen-bond acceptors (Lipinski definition) is 3. The van der Waals surface area contributed by atoms with Crippen LogP contribution in [-0.2, 0) is 4.79 Å². The molecule has 1 amide bonds. The van der Waals surface area contributed by atoms with Crippen molar-refractivity contribution in [3.63, 3.8) is 0 Å². The number of nitrogens with zero attached hydrogens (tertiary/aromatic N) is 1. The summed E-state index contributed by atoms with van der Waals surface area (Å²) in [7, 11) is 0. The Morgan fingerprint density at radius 3 is 3.23 bits per heavy atom. The zero-order valence-corrected chi connectivity index (χ0v) is 7.49. The summed E-state index contributed by atoms with van der Waals surface area (Å²) in [6.07, 6.45) is 3.28. The number of hydrogen-bond donors (Lipinski definition) is 1. The third-order valence-electron chi connectivity index (χ3n) is 2.28. The van der Waals surface area contributed by atoms with Gasteiger partial charge in [0, 0.05) is 12.1 Å². The van der Waals surface area contributed by atoms with Gasteiger partial charge in [-0.25, -0.2) is 0 Å². The Labute approximate surface area is 76.5 Å². The van der Waals surface area contributed by atoms with Gasteiger partial charge in [-0.3, -0.25) is 10.1 Å². The molecule has 1 aromatic heterocycles. The largest absolute Gasteiger partial charge is 0.472 e. The van der Waals surface area contributed by atoms with Crippen molar-refractivity contribution in [2.24, 2.45) is 0 Å². The monoisotopic (exact) mass is 180 g/mol. The molecule has 4 heteroatoms. The van der Waals surface area contributed by atoms with Gasteiger partial charge in [-0.1, -0.05) is 0 Å². The second-order valence-corrected chi connectivity index (χ2v) is 3.02. The molecule has 0 bridgehead atoms. The Balaban J connectivity index is 2.21. The molecule has 70 valence electrons. The Bertz CT molecular complexity index is 295. The highest BCUT2D eigenvalue weighted by Crippen LogP contribution is 2.21. The van der Waals surface area contributed by atoms with E-state index in [2.05, 4.69) is 5.32 Å². The highest BCUT2D eigenvalue weighted by atomic mass is 16.3. The first-order valence-corrected chi connectivity index (χ1v) is 4.38. The lowest BCUT2D eigenvalue weighted by Gasteiger charge is -2.21. The first-order chi connectivity index (χ1) is 6.33. The van der Waals surface area contributed by atoms with E-state index in [0.717, 1.165) is 12.1 Å². The Kier molecular flexibility index (Phi) is 2.06. The number of carbonyl (C=O) groups excluding carboxylic acids is 1. The van der Waals surface area contributed by atoms with E-state index in [1.54, 1.807) is 17.4 Å². The van der Waals surface area contributed by atoms with Gasteiger partial charge in [0.05, 0.1) is 19.1 Å². The van der Waals surface area contributed by atoms with Gasteiger partial charge in [0.25, 0.3) is 0 Å². The number of furan rings is 1. The molecule has 13 heavy (non-hydrogen) atoms. The zero-order chi connectivity index (χ0) is 9.26. The summed E-state index contributed by atoms with van der Waals surface area (Å²) in [4.78, 5) is 13.1. The second kappa shape index (κ2) is 3.22. The van der Waals surface area contributed by atoms with Crippen LogP contribution in [0.25, 0.3) is 0 Å². The fourth-order valence-corrected chi connectivity index (χ4v) is 1.63. The molecule has 0 radical (unpaired) electrons. The lowest BCUT2D eigenvalue weighted by molar-refractivity contribution is -0.127. The predicted molar refractivity (Wildman–Crippen MR) is 46.8 cm³/mol. The van der Waals surface area contributed by atoms with E-state index >= 15 is 0 Å². The van der Waals surface area contributed by atoms with Crippen LogP contribution >= 0.6 is 0 Å². The summed E-state index contributed by atoms with van der Waals surface area (Å²) in [6.45, 7) is 3.11. The average molecular weight is 180 g/mol. The van der Waals surface area contributed by atoms with Crippen molar-refractivity contribution in [3.05, 3.63) is 24.2 Å². The van der Waals surface area contributed by atoms with Crippen molar-refractivity contribution in [1.82, 2.24) is 10.2 Å². The summed E-state index contributed by atoms with van der Waals surface area (Å²) in [5.74, 6) is 0.147. The van der Waals surface area contributed by atoms with Gasteiger partial charge in [-0.2, -0.15) is 0 Å². The molecule has 0 aromatic carbocycles. The van der Waals surface area contributed by atoms with E-state index in [4.69, 9.17) is 4.42 Å². The van der Waals surface area contributed by atoms with Crippen molar-refractivity contribution >= 4 is 5.91 Å². The number of carbonyl (C=O) groups is 1. The predicted octanol–water partition coefficient (Wildman–Crippen LogP) is 0.730. The molecular weight excluding hydrogens is 168 g/mol. The van der Waals surface area contributed by atoms with Crippen molar-refractivity contribution in [2.75, 3.05) is 13.1 Å². The topological polar surface area (TPSA) is 45.5 Å². The molecule has 2 rings (SSSR count). The highest BCUT2D eigenvalue weighted by molar-refractivity contribution is 5.80. The van der Waals surface area contributed by atoms with E-state index in [-0.39, 0.29) is 12.1 Å². The number of rotatable bonds is 2. The summed E-state index contributed by atoms with van der Waals surface area (Å²) >= 11 is 0. The third-order valence-corrected chi connectivity index (χ3v) is 2.28. The van der Waals surface area contributed by atoms with E-state index < -0.39 is 0 Å². The first kappa shape index (κ1) is 8.31. The van der Waals surface area contributed by atoms with Crippen molar-refractivity contribution in [3.8, 4) is 0 Å². The minimum absolute atomic E-state index is 0.00347. The molecule has 0 aliphatic carbocycles. The maximum atomic E-state index is 11.3. The molecule has 4 nitrogen and oxygen atoms in total. The van der Waals surface area contributed by atoms with E-state index in [0.29, 0.717) is 6.54 Å². The lowest BCUT2D eigenvalue weighted by Crippen LogP contribution is -2.29. The van der Waals surface area contributed by atoms with Gasteiger partial charge >= 0.3 is 0 Å². The van der Waals surface area contributed by atoms with Crippen LogP contribution in [0.3, 0.4) is 0 Å². The minimum atomic E-state index is -0.00347. The van der Waals surface area contributed by atoms with Gasteiger partial charge in [-0.05, 0) is 13.0 Å². The number of nitrogens with one attached hydrogen (secondary N) is 1. The SMILES string of the molecule is CCN1C(=O)CNC1c1ccoc1. The standard InChI is InChI=1S/C9H12N2O2/c1-2-11-8(12)5-10-9(11)7-3-4-13-6-7/h3-4,6,9-10H,2,5H2,1H3. The molecule has 1 atom stereocenters. The molecule has 2 heterocycles. The molecule has 1 saturated heterocycles. The van der Waals surface area contributed by atoms with E-state index in [1.807, 2.05) is 13.0 Å². The quantitative estimate of drug-likeness (QED) is 0.729. The van der Waals surface area contributed by atoms with Gasteiger partial charge in [0.1, 0.15) is 6.17 Å². The van der Waals surface area contributed by atoms with Crippen LogP contribution < -0.4 is 5.32 Å². The normalized spacial score (nSPS) is 22.7. The maximum absolute atomic E-state index is 11.3. The van der Waals surface area contributed by atoms with Crippen molar-refractivity contribution < 1.29 is 9.21 Å². The van der Waals surface area contributed by atoms with Crippen LogP contribution in [0.4, 0.5) is 0 Å². The van der Waals surface area contributed by atoms with E-state index in [9.17, 15) is 4.79 Å². The third kappa shape index (κ3) is 1.33. The Morgan fingerprint density at radius 2 is 2.62 bits per heavy atom. The molecule has 1 fully saturated rings. The van der Waals surface area contributed by atoms with Gasteiger partial charge in [0.15, 0.2) is 0 Å². The van der Waals surface area contributed by atoms with Crippen LogP contribution in [0.1, 0.15) is 18.7 Å². The molecule has 1 aliphatic heterocycles. The summed E-state index contributed by atoms with van der Waals surface area (Å²) in [5, 5.41) is 3.13. The zero-order valence-electron chi connectivity index (χ0n) is 7.49. The maximum Gasteiger partial charge on any atom is 0.238 e. The lowest BCUT2D eigenvalue weighted by atomic mass is 10.2. The molecule has 1 unspecified atom stereocenters. The van der Waals surface area contributed by atoms with Crippen molar-refractivity contribution in [2.45, 2.75) is 13.1 Å². The fourth-order valence-electron chi connectivity index (χ4n) is 1.63. The molecule has 0 spiro atoms. The first-order valence-electron chi connectivity index (χ1n) is 4.38. The Hall–Kier alpha value is -1.29. The van der Waals surface area contributed by atoms with Crippen LogP contribution in [0, 0.1) is 0 Å². The van der Waals surface area contributed by atoms with Crippen LogP contribution in [0.2, 0.25) is 0 Å². The van der Waals surface area contributed by atoms with E-state index in [1.165, 1.54) is 0 Å². The summed E-state index contributed by atoms with van der Waals surface area (Å²) < 4.78 is 4.98. The van der Waals surface area contributed by atoms with Crippen LogP contribution in [0.5, 0.6) is 0 Å². The second-order valence-electron chi connectivity index (χ2n) is 3.02. The fraction of sp³-hybridized carbons (Fsp3) is 0.444. The molecular formula is C9H12N2O2. The molecule has 0 saturated carbocycles. The molecule has 1 aliphatic rings. The van der Waals surface area contributed by atoms with Crippen molar-refractivity contribution in [1.29, 1.82) is 0 Å². The Morgan fingerprint density at radius 1 is 1.77 bits per heavy atom. The highest BCUT2D eigenvalue weighted by Gasteiger charge is 2.30.